The second-order valence-corrected chi connectivity index (χ2v) is 6.71. The zero-order chi connectivity index (χ0) is 14.6. The highest BCUT2D eigenvalue weighted by Crippen LogP contribution is 2.26. The minimum atomic E-state index is -0.255. The molecule has 0 aliphatic carbocycles. The molecule has 2 N–H and O–H groups in total. The monoisotopic (exact) mass is 331 g/mol. The number of ether oxygens (including phenoxy) is 1. The lowest BCUT2D eigenvalue weighted by Gasteiger charge is -2.35. The summed E-state index contributed by atoms with van der Waals surface area (Å²) in [6.45, 7) is 8.97. The third-order valence-corrected chi connectivity index (χ3v) is 3.65. The van der Waals surface area contributed by atoms with Crippen LogP contribution >= 0.6 is 15.9 Å². The molecule has 0 fully saturated rings. The Bertz CT molecular complexity index is 417. The van der Waals surface area contributed by atoms with Gasteiger partial charge < -0.3 is 10.5 Å². The van der Waals surface area contributed by atoms with E-state index in [0.717, 1.165) is 5.56 Å². The van der Waals surface area contributed by atoms with Gasteiger partial charge >= 0.3 is 0 Å². The van der Waals surface area contributed by atoms with Crippen molar-refractivity contribution < 1.29 is 9.13 Å². The van der Waals surface area contributed by atoms with Crippen molar-refractivity contribution in [3.05, 3.63) is 34.1 Å². The number of benzene rings is 1. The highest BCUT2D eigenvalue weighted by Gasteiger charge is 2.30. The van der Waals surface area contributed by atoms with Gasteiger partial charge in [-0.2, -0.15) is 0 Å². The quantitative estimate of drug-likeness (QED) is 0.887. The molecule has 108 valence electrons. The summed E-state index contributed by atoms with van der Waals surface area (Å²) in [5.74, 6) is -0.255. The van der Waals surface area contributed by atoms with Crippen molar-refractivity contribution in [2.45, 2.75) is 46.3 Å². The van der Waals surface area contributed by atoms with E-state index < -0.39 is 0 Å². The maximum Gasteiger partial charge on any atom is 0.137 e. The summed E-state index contributed by atoms with van der Waals surface area (Å²) < 4.78 is 19.5. The number of rotatable bonds is 5. The minimum Gasteiger partial charge on any atom is -0.376 e. The molecule has 0 saturated carbocycles. The van der Waals surface area contributed by atoms with Crippen LogP contribution < -0.4 is 5.73 Å². The molecule has 0 aliphatic rings. The normalized spacial score (nSPS) is 15.3. The van der Waals surface area contributed by atoms with Gasteiger partial charge in [0.25, 0.3) is 0 Å². The first-order chi connectivity index (χ1) is 8.75. The molecule has 2 unspecified atom stereocenters. The molecule has 0 bridgehead atoms. The molecule has 19 heavy (non-hydrogen) atoms. The van der Waals surface area contributed by atoms with Gasteiger partial charge in [0.05, 0.1) is 10.6 Å². The Kier molecular flexibility index (Phi) is 5.96. The van der Waals surface area contributed by atoms with Gasteiger partial charge in [-0.15, -0.1) is 0 Å². The largest absolute Gasteiger partial charge is 0.376 e. The topological polar surface area (TPSA) is 35.2 Å². The van der Waals surface area contributed by atoms with Gasteiger partial charge in [-0.1, -0.05) is 26.8 Å². The number of nitrogens with two attached hydrogens (primary N) is 1. The maximum absolute atomic E-state index is 13.2. The molecule has 2 atom stereocenters. The van der Waals surface area contributed by atoms with Gasteiger partial charge in [0.1, 0.15) is 5.82 Å². The van der Waals surface area contributed by atoms with Crippen molar-refractivity contribution in [1.82, 2.24) is 0 Å². The van der Waals surface area contributed by atoms with Gasteiger partial charge in [0.15, 0.2) is 0 Å². The molecule has 0 heterocycles. The van der Waals surface area contributed by atoms with Crippen LogP contribution in [0.5, 0.6) is 0 Å². The van der Waals surface area contributed by atoms with Crippen LogP contribution in [0.1, 0.15) is 33.3 Å². The molecule has 0 aliphatic heterocycles. The molecule has 1 aromatic carbocycles. The van der Waals surface area contributed by atoms with E-state index in [0.29, 0.717) is 17.5 Å². The number of hydrogen-bond donors (Lipinski definition) is 1. The minimum absolute atomic E-state index is 0.0211. The van der Waals surface area contributed by atoms with Crippen molar-refractivity contribution in [2.75, 3.05) is 6.61 Å². The average Bonchev–Trinajstić information content (AvgIpc) is 2.29. The smallest absolute Gasteiger partial charge is 0.137 e. The highest BCUT2D eigenvalue weighted by molar-refractivity contribution is 9.10. The fourth-order valence-electron chi connectivity index (χ4n) is 2.24. The summed E-state index contributed by atoms with van der Waals surface area (Å²) in [4.78, 5) is 0. The lowest BCUT2D eigenvalue weighted by Crippen LogP contribution is -2.46. The van der Waals surface area contributed by atoms with Crippen LogP contribution in [0.2, 0.25) is 0 Å². The zero-order valence-corrected chi connectivity index (χ0v) is 13.6. The Morgan fingerprint density at radius 3 is 2.47 bits per heavy atom. The summed E-state index contributed by atoms with van der Waals surface area (Å²) in [7, 11) is 0. The van der Waals surface area contributed by atoms with E-state index in [-0.39, 0.29) is 23.4 Å². The Hall–Kier alpha value is -0.450. The molecule has 1 aromatic rings. The zero-order valence-electron chi connectivity index (χ0n) is 12.0. The molecule has 0 amide bonds. The van der Waals surface area contributed by atoms with Crippen molar-refractivity contribution in [3.8, 4) is 0 Å². The van der Waals surface area contributed by atoms with E-state index in [1.54, 1.807) is 12.1 Å². The van der Waals surface area contributed by atoms with Crippen LogP contribution in [0, 0.1) is 11.2 Å². The SMILES string of the molecule is CCOC(C(N)Cc1ccc(F)c(Br)c1)C(C)(C)C. The van der Waals surface area contributed by atoms with E-state index in [4.69, 9.17) is 10.5 Å². The molecular formula is C15H23BrFNO. The first kappa shape index (κ1) is 16.6. The van der Waals surface area contributed by atoms with Crippen LogP contribution in [0.15, 0.2) is 22.7 Å². The number of hydrogen-bond acceptors (Lipinski definition) is 2. The number of halogens is 2. The van der Waals surface area contributed by atoms with Gasteiger partial charge in [-0.3, -0.25) is 0 Å². The molecular weight excluding hydrogens is 309 g/mol. The van der Waals surface area contributed by atoms with Crippen LogP contribution in [-0.4, -0.2) is 18.8 Å². The summed E-state index contributed by atoms with van der Waals surface area (Å²) in [6, 6.07) is 4.89. The molecule has 2 nitrogen and oxygen atoms in total. The first-order valence-corrected chi connectivity index (χ1v) is 7.36. The van der Waals surface area contributed by atoms with Crippen molar-refractivity contribution in [1.29, 1.82) is 0 Å². The molecule has 0 saturated heterocycles. The van der Waals surface area contributed by atoms with E-state index in [1.807, 2.05) is 6.92 Å². The van der Waals surface area contributed by atoms with Crippen LogP contribution in [0.3, 0.4) is 0 Å². The van der Waals surface area contributed by atoms with Crippen LogP contribution in [-0.2, 0) is 11.2 Å². The summed E-state index contributed by atoms with van der Waals surface area (Å²) >= 11 is 3.20. The van der Waals surface area contributed by atoms with E-state index >= 15 is 0 Å². The summed E-state index contributed by atoms with van der Waals surface area (Å²) in [5.41, 5.74) is 7.26. The van der Waals surface area contributed by atoms with Gasteiger partial charge in [0, 0.05) is 12.6 Å². The predicted octanol–water partition coefficient (Wildman–Crippen LogP) is 3.91. The Labute approximate surface area is 123 Å². The van der Waals surface area contributed by atoms with Gasteiger partial charge in [-0.05, 0) is 52.4 Å². The van der Waals surface area contributed by atoms with Crippen LogP contribution in [0.4, 0.5) is 4.39 Å². The van der Waals surface area contributed by atoms with Crippen molar-refractivity contribution in [2.24, 2.45) is 11.1 Å². The second kappa shape index (κ2) is 6.82. The third-order valence-electron chi connectivity index (χ3n) is 3.04. The Balaban J connectivity index is 2.81. The van der Waals surface area contributed by atoms with E-state index in [9.17, 15) is 4.39 Å². The lowest BCUT2D eigenvalue weighted by molar-refractivity contribution is -0.0274. The lowest BCUT2D eigenvalue weighted by atomic mass is 9.82. The second-order valence-electron chi connectivity index (χ2n) is 5.86. The van der Waals surface area contributed by atoms with Gasteiger partial charge in [0.2, 0.25) is 0 Å². The van der Waals surface area contributed by atoms with Gasteiger partial charge in [-0.25, -0.2) is 4.39 Å². The molecule has 4 heteroatoms. The molecule has 1 rings (SSSR count). The van der Waals surface area contributed by atoms with Crippen molar-refractivity contribution in [3.63, 3.8) is 0 Å². The molecule has 0 radical (unpaired) electrons. The fourth-order valence-corrected chi connectivity index (χ4v) is 2.67. The molecule has 0 aromatic heterocycles. The third kappa shape index (κ3) is 4.86. The van der Waals surface area contributed by atoms with Crippen LogP contribution in [0.25, 0.3) is 0 Å². The Morgan fingerprint density at radius 2 is 2.00 bits per heavy atom. The summed E-state index contributed by atoms with van der Waals surface area (Å²) in [6.07, 6.45) is 0.641. The van der Waals surface area contributed by atoms with E-state index in [2.05, 4.69) is 36.7 Å². The highest BCUT2D eigenvalue weighted by atomic mass is 79.9. The predicted molar refractivity (Wildman–Crippen MR) is 80.6 cm³/mol. The molecule has 0 spiro atoms. The maximum atomic E-state index is 13.2. The van der Waals surface area contributed by atoms with Crippen molar-refractivity contribution >= 4 is 15.9 Å². The average molecular weight is 332 g/mol. The fraction of sp³-hybridized carbons (Fsp3) is 0.600. The standard InChI is InChI=1S/C15H23BrFNO/c1-5-19-14(15(2,3)4)13(18)9-10-6-7-12(17)11(16)8-10/h6-8,13-14H,5,9,18H2,1-4H3. The summed E-state index contributed by atoms with van der Waals surface area (Å²) in [5, 5.41) is 0. The Morgan fingerprint density at radius 1 is 1.37 bits per heavy atom. The first-order valence-electron chi connectivity index (χ1n) is 6.56. The van der Waals surface area contributed by atoms with E-state index in [1.165, 1.54) is 6.07 Å².